The molecule has 2 N–H and O–H groups in total. The van der Waals surface area contributed by atoms with Gasteiger partial charge in [0, 0.05) is 38.0 Å². The van der Waals surface area contributed by atoms with E-state index in [1.807, 2.05) is 0 Å². The van der Waals surface area contributed by atoms with Crippen LogP contribution in [0.5, 0.6) is 0 Å². The zero-order chi connectivity index (χ0) is 30.1. The Kier molecular flexibility index (Phi) is 8.39. The van der Waals surface area contributed by atoms with Crippen molar-refractivity contribution < 1.29 is 45.4 Å². The molecule has 0 radical (unpaired) electrons. The molecule has 2 aromatic carbocycles. The molecule has 2 amide bonds. The molecule has 1 aliphatic rings. The van der Waals surface area contributed by atoms with E-state index in [0.717, 1.165) is 12.1 Å². The van der Waals surface area contributed by atoms with Gasteiger partial charge in [0.05, 0.1) is 16.7 Å². The Bertz CT molecular complexity index is 1390. The average molecular weight is 584 g/mol. The van der Waals surface area contributed by atoms with Gasteiger partial charge >= 0.3 is 12.4 Å². The zero-order valence-corrected chi connectivity index (χ0v) is 21.4. The smallest absolute Gasteiger partial charge is 0.396 e. The lowest BCUT2D eigenvalue weighted by molar-refractivity contribution is -0.143. The number of alkyl halides is 6. The molecule has 1 aliphatic heterocycles. The van der Waals surface area contributed by atoms with Gasteiger partial charge in [-0.1, -0.05) is 19.1 Å². The highest BCUT2D eigenvalue weighted by Crippen LogP contribution is 2.39. The maximum absolute atomic E-state index is 13.8. The van der Waals surface area contributed by atoms with Crippen molar-refractivity contribution in [3.8, 4) is 0 Å². The topological polar surface area (TPSA) is 82.5 Å². The second kappa shape index (κ2) is 11.5. The van der Waals surface area contributed by atoms with Crippen molar-refractivity contribution in [1.29, 1.82) is 0 Å². The van der Waals surface area contributed by atoms with Crippen LogP contribution in [0.15, 0.2) is 60.9 Å². The van der Waals surface area contributed by atoms with E-state index >= 15 is 0 Å². The zero-order valence-electron chi connectivity index (χ0n) is 21.4. The maximum atomic E-state index is 13.8. The van der Waals surface area contributed by atoms with Crippen LogP contribution in [-0.2, 0) is 23.7 Å². The Hall–Kier alpha value is -4.00. The van der Waals surface area contributed by atoms with Crippen LogP contribution in [-0.4, -0.2) is 46.0 Å². The maximum Gasteiger partial charge on any atom is 0.416 e. The SMILES string of the molecule is CC(CO)CN1C(=O)c2cnccc2C(c2ccc(F)cc2)[C@@H]1C(=O)NCc1cc(C(F)(F)F)cc(C(F)(F)F)c1. The predicted octanol–water partition coefficient (Wildman–Crippen LogP) is 5.16. The highest BCUT2D eigenvalue weighted by molar-refractivity contribution is 6.01. The Labute approximate surface area is 229 Å². The first kappa shape index (κ1) is 30.0. The summed E-state index contributed by atoms with van der Waals surface area (Å²) >= 11 is 0. The first-order valence-electron chi connectivity index (χ1n) is 12.4. The predicted molar refractivity (Wildman–Crippen MR) is 132 cm³/mol. The van der Waals surface area contributed by atoms with Crippen LogP contribution in [0, 0.1) is 11.7 Å². The molecule has 41 heavy (non-hydrogen) atoms. The van der Waals surface area contributed by atoms with E-state index in [-0.39, 0.29) is 24.8 Å². The van der Waals surface area contributed by atoms with Crippen LogP contribution in [0.1, 0.15) is 51.0 Å². The van der Waals surface area contributed by atoms with Gasteiger partial charge in [-0.15, -0.1) is 0 Å². The first-order valence-corrected chi connectivity index (χ1v) is 12.4. The summed E-state index contributed by atoms with van der Waals surface area (Å²) in [5, 5.41) is 12.0. The molecule has 0 aliphatic carbocycles. The number of aliphatic hydroxyl groups excluding tert-OH is 1. The number of hydrogen-bond acceptors (Lipinski definition) is 4. The van der Waals surface area contributed by atoms with E-state index in [1.54, 1.807) is 6.92 Å². The van der Waals surface area contributed by atoms with E-state index in [2.05, 4.69) is 10.3 Å². The number of amides is 2. The summed E-state index contributed by atoms with van der Waals surface area (Å²) in [7, 11) is 0. The van der Waals surface area contributed by atoms with E-state index in [0.29, 0.717) is 23.3 Å². The van der Waals surface area contributed by atoms with Crippen LogP contribution < -0.4 is 5.32 Å². The molecule has 0 fully saturated rings. The van der Waals surface area contributed by atoms with Gasteiger partial charge in [0.2, 0.25) is 5.91 Å². The number of nitrogens with zero attached hydrogens (tertiary/aromatic N) is 2. The monoisotopic (exact) mass is 583 g/mol. The largest absolute Gasteiger partial charge is 0.416 e. The van der Waals surface area contributed by atoms with Crippen molar-refractivity contribution in [2.75, 3.05) is 13.2 Å². The summed E-state index contributed by atoms with van der Waals surface area (Å²) < 4.78 is 93.8. The van der Waals surface area contributed by atoms with Gasteiger partial charge in [-0.05, 0) is 59.0 Å². The Morgan fingerprint density at radius 3 is 2.20 bits per heavy atom. The minimum atomic E-state index is -5.07. The van der Waals surface area contributed by atoms with Crippen molar-refractivity contribution in [1.82, 2.24) is 15.2 Å². The Morgan fingerprint density at radius 2 is 1.63 bits per heavy atom. The minimum absolute atomic E-state index is 0.0152. The third kappa shape index (κ3) is 6.50. The number of carbonyl (C=O) groups excluding carboxylic acids is 2. The highest BCUT2D eigenvalue weighted by atomic mass is 19.4. The molecule has 0 spiro atoms. The number of carbonyl (C=O) groups is 2. The van der Waals surface area contributed by atoms with Crippen molar-refractivity contribution in [3.63, 3.8) is 0 Å². The molecule has 6 nitrogen and oxygen atoms in total. The lowest BCUT2D eigenvalue weighted by atomic mass is 9.78. The molecule has 2 heterocycles. The summed E-state index contributed by atoms with van der Waals surface area (Å²) in [5.41, 5.74) is -2.57. The molecule has 0 saturated carbocycles. The van der Waals surface area contributed by atoms with Crippen molar-refractivity contribution in [2.24, 2.45) is 5.92 Å². The van der Waals surface area contributed by atoms with Gasteiger partial charge in [0.1, 0.15) is 11.9 Å². The van der Waals surface area contributed by atoms with Gasteiger partial charge in [-0.2, -0.15) is 26.3 Å². The standard InChI is InChI=1S/C28H24F7N3O3/c1-15(14-39)13-38-24(23(17-2-4-20(29)5-3-17)21-6-7-36-12-22(21)26(38)41)25(40)37-11-16-8-18(27(30,31)32)10-19(9-16)28(33,34)35/h2-10,12,15,23-24,39H,11,13-14H2,1H3,(H,37,40)/t15?,23?,24-/m1/s1. The number of nitrogens with one attached hydrogen (secondary N) is 1. The Balaban J connectivity index is 1.76. The van der Waals surface area contributed by atoms with Crippen LogP contribution in [0.4, 0.5) is 30.7 Å². The number of fused-ring (bicyclic) bond motifs is 1. The summed E-state index contributed by atoms with van der Waals surface area (Å²) in [5.74, 6) is -3.44. The fourth-order valence-corrected chi connectivity index (χ4v) is 4.82. The molecule has 4 rings (SSSR count). The van der Waals surface area contributed by atoms with Gasteiger partial charge in [-0.3, -0.25) is 14.6 Å². The number of rotatable bonds is 7. The lowest BCUT2D eigenvalue weighted by Gasteiger charge is -2.42. The first-order chi connectivity index (χ1) is 19.2. The number of benzene rings is 2. The number of hydrogen-bond donors (Lipinski definition) is 2. The van der Waals surface area contributed by atoms with Gasteiger partial charge in [0.15, 0.2) is 0 Å². The van der Waals surface area contributed by atoms with Crippen LogP contribution >= 0.6 is 0 Å². The van der Waals surface area contributed by atoms with Crippen LogP contribution in [0.3, 0.4) is 0 Å². The summed E-state index contributed by atoms with van der Waals surface area (Å²) in [6.45, 7) is 0.458. The summed E-state index contributed by atoms with van der Waals surface area (Å²) in [4.78, 5) is 32.4. The molecule has 0 saturated heterocycles. The van der Waals surface area contributed by atoms with E-state index < -0.39 is 71.1 Å². The van der Waals surface area contributed by atoms with Crippen LogP contribution in [0.2, 0.25) is 0 Å². The minimum Gasteiger partial charge on any atom is -0.396 e. The molecule has 1 aromatic heterocycles. The second-order valence-corrected chi connectivity index (χ2v) is 9.81. The summed E-state index contributed by atoms with van der Waals surface area (Å²) in [6.07, 6.45) is -7.44. The number of pyridine rings is 1. The number of aromatic nitrogens is 1. The van der Waals surface area contributed by atoms with Gasteiger partial charge in [-0.25, -0.2) is 4.39 Å². The molecular weight excluding hydrogens is 559 g/mol. The second-order valence-electron chi connectivity index (χ2n) is 9.81. The number of aliphatic hydroxyl groups is 1. The Morgan fingerprint density at radius 1 is 1.02 bits per heavy atom. The van der Waals surface area contributed by atoms with Crippen LogP contribution in [0.25, 0.3) is 0 Å². The van der Waals surface area contributed by atoms with Gasteiger partial charge < -0.3 is 15.3 Å². The van der Waals surface area contributed by atoms with Crippen molar-refractivity contribution >= 4 is 11.8 Å². The van der Waals surface area contributed by atoms with E-state index in [1.165, 1.54) is 35.5 Å². The molecule has 13 heteroatoms. The molecule has 218 valence electrons. The fourth-order valence-electron chi connectivity index (χ4n) is 4.82. The van der Waals surface area contributed by atoms with Gasteiger partial charge in [0.25, 0.3) is 5.91 Å². The van der Waals surface area contributed by atoms with Crippen molar-refractivity contribution in [3.05, 3.63) is 100 Å². The van der Waals surface area contributed by atoms with Crippen molar-refractivity contribution in [2.45, 2.75) is 37.8 Å². The third-order valence-electron chi connectivity index (χ3n) is 6.76. The molecule has 3 atom stereocenters. The van der Waals surface area contributed by atoms with E-state index in [9.17, 15) is 45.4 Å². The molecule has 2 unspecified atom stereocenters. The molecule has 3 aromatic rings. The fraction of sp³-hybridized carbons (Fsp3) is 0.321. The molecule has 0 bridgehead atoms. The normalized spacial score (nSPS) is 18.2. The molecular formula is C28H24F7N3O3. The average Bonchev–Trinajstić information content (AvgIpc) is 2.92. The summed E-state index contributed by atoms with van der Waals surface area (Å²) in [6, 6.07) is 6.30. The third-order valence-corrected chi connectivity index (χ3v) is 6.76. The quantitative estimate of drug-likeness (QED) is 0.377. The highest BCUT2D eigenvalue weighted by Gasteiger charge is 2.45. The van der Waals surface area contributed by atoms with E-state index in [4.69, 9.17) is 0 Å². The lowest BCUT2D eigenvalue weighted by Crippen LogP contribution is -2.57. The number of halogens is 7.